The summed E-state index contributed by atoms with van der Waals surface area (Å²) in [6.45, 7) is 0.0155. The first kappa shape index (κ1) is 10.3. The van der Waals surface area contributed by atoms with Gasteiger partial charge >= 0.3 is 5.69 Å². The number of nitrogens with one attached hydrogen (secondary N) is 1. The second-order valence-electron chi connectivity index (χ2n) is 3.20. The summed E-state index contributed by atoms with van der Waals surface area (Å²) in [4.78, 5) is 24.5. The minimum absolute atomic E-state index is 0.0155. The van der Waals surface area contributed by atoms with Crippen LogP contribution in [-0.2, 0) is 0 Å². The highest BCUT2D eigenvalue weighted by molar-refractivity contribution is 7.99. The van der Waals surface area contributed by atoms with Crippen LogP contribution in [0, 0.1) is 0 Å². The van der Waals surface area contributed by atoms with Crippen LogP contribution in [-0.4, -0.2) is 27.0 Å². The summed E-state index contributed by atoms with van der Waals surface area (Å²) in [5.41, 5.74) is 0.0872. The monoisotopic (exact) mass is 226 g/mol. The molecule has 0 unspecified atom stereocenters. The topological polar surface area (TPSA) is 75.1 Å². The van der Waals surface area contributed by atoms with Crippen molar-refractivity contribution in [2.75, 3.05) is 12.4 Å². The predicted molar refractivity (Wildman–Crippen MR) is 58.0 cm³/mol. The zero-order valence-corrected chi connectivity index (χ0v) is 8.66. The fourth-order valence-electron chi connectivity index (χ4n) is 1.38. The Morgan fingerprint density at radius 2 is 2.40 bits per heavy atom. The minimum Gasteiger partial charge on any atom is -0.392 e. The standard InChI is InChI=1S/C9H10N2O3S/c12-4-6-3-8(15-5-6)11-2-1-7(13)10-9(11)14/h1-3,8,12H,4-5H2,(H,10,13,14)/t8-/m1/s1. The highest BCUT2D eigenvalue weighted by atomic mass is 32.2. The molecule has 0 fully saturated rings. The summed E-state index contributed by atoms with van der Waals surface area (Å²) < 4.78 is 1.44. The Bertz CT molecular complexity index is 503. The summed E-state index contributed by atoms with van der Waals surface area (Å²) in [6, 6.07) is 1.31. The number of aliphatic hydroxyl groups excluding tert-OH is 1. The van der Waals surface area contributed by atoms with E-state index in [9.17, 15) is 9.59 Å². The molecule has 1 aliphatic heterocycles. The molecule has 80 valence electrons. The van der Waals surface area contributed by atoms with E-state index in [0.717, 1.165) is 5.57 Å². The zero-order chi connectivity index (χ0) is 10.8. The fraction of sp³-hybridized carbons (Fsp3) is 0.333. The summed E-state index contributed by atoms with van der Waals surface area (Å²) >= 11 is 1.54. The van der Waals surface area contributed by atoms with Crippen molar-refractivity contribution in [3.63, 3.8) is 0 Å². The average Bonchev–Trinajstić information content (AvgIpc) is 2.66. The van der Waals surface area contributed by atoms with Crippen molar-refractivity contribution in [2.45, 2.75) is 5.37 Å². The molecule has 2 rings (SSSR count). The molecule has 5 nitrogen and oxygen atoms in total. The van der Waals surface area contributed by atoms with Crippen LogP contribution >= 0.6 is 11.8 Å². The molecule has 15 heavy (non-hydrogen) atoms. The molecule has 2 heterocycles. The number of aromatic nitrogens is 2. The first-order valence-corrected chi connectivity index (χ1v) is 5.49. The van der Waals surface area contributed by atoms with E-state index < -0.39 is 11.2 Å². The van der Waals surface area contributed by atoms with E-state index in [-0.39, 0.29) is 12.0 Å². The van der Waals surface area contributed by atoms with Gasteiger partial charge in [0.2, 0.25) is 0 Å². The van der Waals surface area contributed by atoms with E-state index >= 15 is 0 Å². The molecule has 1 aromatic rings. The molecule has 1 aromatic heterocycles. The molecule has 0 amide bonds. The molecule has 0 aromatic carbocycles. The van der Waals surface area contributed by atoms with Crippen LogP contribution in [0.4, 0.5) is 0 Å². The van der Waals surface area contributed by atoms with Crippen molar-refractivity contribution < 1.29 is 5.11 Å². The van der Waals surface area contributed by atoms with Crippen molar-refractivity contribution >= 4 is 11.8 Å². The number of H-pyrrole nitrogens is 1. The maximum absolute atomic E-state index is 11.4. The lowest BCUT2D eigenvalue weighted by Gasteiger charge is -2.09. The first-order valence-electron chi connectivity index (χ1n) is 4.44. The van der Waals surface area contributed by atoms with Crippen LogP contribution in [0.1, 0.15) is 5.37 Å². The number of aliphatic hydroxyl groups is 1. The Morgan fingerprint density at radius 3 is 3.00 bits per heavy atom. The Kier molecular flexibility index (Phi) is 2.79. The molecule has 1 atom stereocenters. The van der Waals surface area contributed by atoms with Crippen LogP contribution in [0.15, 0.2) is 33.5 Å². The van der Waals surface area contributed by atoms with Gasteiger partial charge in [-0.05, 0) is 11.6 Å². The van der Waals surface area contributed by atoms with Gasteiger partial charge in [-0.2, -0.15) is 0 Å². The minimum atomic E-state index is -0.421. The van der Waals surface area contributed by atoms with E-state index in [4.69, 9.17) is 5.11 Å². The third kappa shape index (κ3) is 2.05. The van der Waals surface area contributed by atoms with Gasteiger partial charge in [0.25, 0.3) is 5.56 Å². The van der Waals surface area contributed by atoms with Gasteiger partial charge in [-0.15, -0.1) is 11.8 Å². The van der Waals surface area contributed by atoms with Gasteiger partial charge in [-0.1, -0.05) is 0 Å². The molecule has 0 radical (unpaired) electrons. The second-order valence-corrected chi connectivity index (χ2v) is 4.31. The maximum atomic E-state index is 11.4. The molecule has 0 aliphatic carbocycles. The van der Waals surface area contributed by atoms with Gasteiger partial charge in [0, 0.05) is 18.0 Å². The third-order valence-corrected chi connectivity index (χ3v) is 3.39. The van der Waals surface area contributed by atoms with Crippen LogP contribution < -0.4 is 11.2 Å². The van der Waals surface area contributed by atoms with E-state index in [1.54, 1.807) is 0 Å². The number of aromatic amines is 1. The van der Waals surface area contributed by atoms with E-state index in [1.807, 2.05) is 6.08 Å². The third-order valence-electron chi connectivity index (χ3n) is 2.15. The maximum Gasteiger partial charge on any atom is 0.329 e. The zero-order valence-electron chi connectivity index (χ0n) is 7.84. The van der Waals surface area contributed by atoms with Gasteiger partial charge in [-0.3, -0.25) is 14.3 Å². The molecule has 0 spiro atoms. The second kappa shape index (κ2) is 4.08. The van der Waals surface area contributed by atoms with Crippen molar-refractivity contribution in [2.24, 2.45) is 0 Å². The van der Waals surface area contributed by atoms with E-state index in [2.05, 4.69) is 4.98 Å². The van der Waals surface area contributed by atoms with Gasteiger partial charge < -0.3 is 5.11 Å². The van der Waals surface area contributed by atoms with Crippen molar-refractivity contribution in [3.05, 3.63) is 44.8 Å². The number of hydrogen-bond acceptors (Lipinski definition) is 4. The lowest BCUT2D eigenvalue weighted by atomic mass is 10.3. The molecule has 1 aliphatic rings. The van der Waals surface area contributed by atoms with Crippen molar-refractivity contribution in [1.82, 2.24) is 9.55 Å². The molecule has 0 saturated heterocycles. The quantitative estimate of drug-likeness (QED) is 0.679. The molecule has 2 N–H and O–H groups in total. The Hall–Kier alpha value is -1.27. The van der Waals surface area contributed by atoms with E-state index in [1.165, 1.54) is 28.6 Å². The largest absolute Gasteiger partial charge is 0.392 e. The van der Waals surface area contributed by atoms with Gasteiger partial charge in [0.05, 0.1) is 6.61 Å². The number of thioether (sulfide) groups is 1. The SMILES string of the molecule is O=c1ccn([C@H]2C=C(CO)CS2)c(=O)[nH]1. The van der Waals surface area contributed by atoms with Crippen LogP contribution in [0.25, 0.3) is 0 Å². The fourth-order valence-corrected chi connectivity index (χ4v) is 2.56. The van der Waals surface area contributed by atoms with Crippen LogP contribution in [0.3, 0.4) is 0 Å². The van der Waals surface area contributed by atoms with Crippen LogP contribution in [0.5, 0.6) is 0 Å². The lowest BCUT2D eigenvalue weighted by molar-refractivity contribution is 0.332. The highest BCUT2D eigenvalue weighted by Gasteiger charge is 2.18. The molecule has 0 saturated carbocycles. The van der Waals surface area contributed by atoms with Crippen molar-refractivity contribution in [3.8, 4) is 0 Å². The van der Waals surface area contributed by atoms with Crippen molar-refractivity contribution in [1.29, 1.82) is 0 Å². The Morgan fingerprint density at radius 1 is 1.60 bits per heavy atom. The molecule has 0 bridgehead atoms. The Labute approximate surface area is 89.5 Å². The summed E-state index contributed by atoms with van der Waals surface area (Å²) in [7, 11) is 0. The predicted octanol–water partition coefficient (Wildman–Crippen LogP) is -0.299. The summed E-state index contributed by atoms with van der Waals surface area (Å²) in [5.74, 6) is 0.715. The smallest absolute Gasteiger partial charge is 0.329 e. The molecular formula is C9H10N2O3S. The summed E-state index contributed by atoms with van der Waals surface area (Å²) in [6.07, 6.45) is 3.31. The van der Waals surface area contributed by atoms with E-state index in [0.29, 0.717) is 5.75 Å². The normalized spacial score (nSPS) is 20.3. The number of rotatable bonds is 2. The first-order chi connectivity index (χ1) is 7.20. The summed E-state index contributed by atoms with van der Waals surface area (Å²) in [5, 5.41) is 8.79. The van der Waals surface area contributed by atoms with Gasteiger partial charge in [0.15, 0.2) is 0 Å². The number of nitrogens with zero attached hydrogens (tertiary/aromatic N) is 1. The molecule has 6 heteroatoms. The average molecular weight is 226 g/mol. The van der Waals surface area contributed by atoms with Crippen LogP contribution in [0.2, 0.25) is 0 Å². The lowest BCUT2D eigenvalue weighted by Crippen LogP contribution is -2.29. The number of hydrogen-bond donors (Lipinski definition) is 2. The Balaban J connectivity index is 2.36. The highest BCUT2D eigenvalue weighted by Crippen LogP contribution is 2.32. The van der Waals surface area contributed by atoms with Gasteiger partial charge in [-0.25, -0.2) is 4.79 Å². The van der Waals surface area contributed by atoms with Gasteiger partial charge in [0.1, 0.15) is 5.37 Å². The molecular weight excluding hydrogens is 216 g/mol.